The normalized spacial score (nSPS) is 34.5. The first-order valence-electron chi connectivity index (χ1n) is 8.79. The maximum absolute atomic E-state index is 11.3. The van der Waals surface area contributed by atoms with E-state index in [4.69, 9.17) is 9.47 Å². The van der Waals surface area contributed by atoms with E-state index in [2.05, 4.69) is 18.6 Å². The van der Waals surface area contributed by atoms with E-state index in [1.165, 1.54) is 14.0 Å². The first kappa shape index (κ1) is 18.2. The maximum Gasteiger partial charge on any atom is 0.307 e. The van der Waals surface area contributed by atoms with Crippen molar-refractivity contribution < 1.29 is 23.8 Å². The summed E-state index contributed by atoms with van der Waals surface area (Å²) in [6, 6.07) is 0. The third-order valence-electron chi connectivity index (χ3n) is 5.70. The average molecular weight is 326 g/mol. The molecule has 0 aromatic rings. The molecule has 2 fully saturated rings. The van der Waals surface area contributed by atoms with Gasteiger partial charge in [-0.2, -0.15) is 0 Å². The molecular weight excluding hydrogens is 296 g/mol. The molecule has 2 rings (SSSR count). The number of hydrogen-bond donors (Lipinski definition) is 0. The number of esters is 2. The molecule has 132 valence electrons. The molecule has 0 bridgehead atoms. The van der Waals surface area contributed by atoms with Gasteiger partial charge in [-0.1, -0.05) is 6.92 Å². The van der Waals surface area contributed by atoms with Crippen LogP contribution in [0.5, 0.6) is 0 Å². The molecule has 23 heavy (non-hydrogen) atoms. The first-order chi connectivity index (χ1) is 10.9. The van der Waals surface area contributed by atoms with E-state index < -0.39 is 0 Å². The Morgan fingerprint density at radius 2 is 1.91 bits per heavy atom. The van der Waals surface area contributed by atoms with Gasteiger partial charge in [-0.3, -0.25) is 9.59 Å². The second kappa shape index (κ2) is 8.13. The molecule has 5 heteroatoms. The highest BCUT2D eigenvalue weighted by atomic mass is 16.5. The van der Waals surface area contributed by atoms with Crippen LogP contribution in [0.1, 0.15) is 52.9 Å². The Morgan fingerprint density at radius 1 is 1.17 bits per heavy atom. The van der Waals surface area contributed by atoms with Gasteiger partial charge in [0.15, 0.2) is 0 Å². The van der Waals surface area contributed by atoms with Gasteiger partial charge in [0.2, 0.25) is 0 Å². The molecular formula is C18H30O5. The van der Waals surface area contributed by atoms with E-state index in [9.17, 15) is 9.59 Å². The van der Waals surface area contributed by atoms with E-state index in [-0.39, 0.29) is 24.1 Å². The number of rotatable bonds is 6. The third-order valence-corrected chi connectivity index (χ3v) is 5.70. The van der Waals surface area contributed by atoms with Gasteiger partial charge in [0.25, 0.3) is 0 Å². The van der Waals surface area contributed by atoms with Crippen LogP contribution >= 0.6 is 0 Å². The van der Waals surface area contributed by atoms with Crippen LogP contribution in [0.3, 0.4) is 0 Å². The highest BCUT2D eigenvalue weighted by molar-refractivity contribution is 5.69. The Hall–Kier alpha value is -1.10. The van der Waals surface area contributed by atoms with Gasteiger partial charge in [0.1, 0.15) is 6.10 Å². The standard InChI is InChI=1S/C18H30O5/c1-11-5-8-16(23-13(3)19)15-7-6-14(18(11)15)12(2)22-10-9-17(20)21-4/h11-12,14-16,18H,5-10H2,1-4H3/t11-,12?,14?,15?,16?,18?/m0/s1. The van der Waals surface area contributed by atoms with Crippen molar-refractivity contribution in [2.45, 2.75) is 65.1 Å². The van der Waals surface area contributed by atoms with Gasteiger partial charge in [-0.15, -0.1) is 0 Å². The molecule has 6 atom stereocenters. The third kappa shape index (κ3) is 4.46. The Labute approximate surface area is 139 Å². The zero-order chi connectivity index (χ0) is 17.0. The van der Waals surface area contributed by atoms with Crippen LogP contribution in [0, 0.1) is 23.7 Å². The van der Waals surface area contributed by atoms with Crippen molar-refractivity contribution >= 4 is 11.9 Å². The van der Waals surface area contributed by atoms with Crippen LogP contribution < -0.4 is 0 Å². The number of methoxy groups -OCH3 is 1. The summed E-state index contributed by atoms with van der Waals surface area (Å²) in [7, 11) is 1.40. The van der Waals surface area contributed by atoms with Gasteiger partial charge in [-0.25, -0.2) is 0 Å². The van der Waals surface area contributed by atoms with Crippen LogP contribution in [0.25, 0.3) is 0 Å². The number of ether oxygens (including phenoxy) is 3. The van der Waals surface area contributed by atoms with Crippen LogP contribution in [0.2, 0.25) is 0 Å². The van der Waals surface area contributed by atoms with Crippen LogP contribution in [-0.2, 0) is 23.8 Å². The van der Waals surface area contributed by atoms with E-state index in [0.29, 0.717) is 36.7 Å². The fourth-order valence-corrected chi connectivity index (χ4v) is 4.66. The molecule has 0 saturated heterocycles. The van der Waals surface area contributed by atoms with E-state index >= 15 is 0 Å². The summed E-state index contributed by atoms with van der Waals surface area (Å²) >= 11 is 0. The van der Waals surface area contributed by atoms with Gasteiger partial charge >= 0.3 is 11.9 Å². The Bertz CT molecular complexity index is 422. The van der Waals surface area contributed by atoms with Gasteiger partial charge < -0.3 is 14.2 Å². The Balaban J connectivity index is 1.93. The second-order valence-corrected chi connectivity index (χ2v) is 7.09. The predicted molar refractivity (Wildman–Crippen MR) is 85.7 cm³/mol. The number of fused-ring (bicyclic) bond motifs is 1. The average Bonchev–Trinajstić information content (AvgIpc) is 2.95. The Kier molecular flexibility index (Phi) is 6.45. The molecule has 0 aromatic carbocycles. The lowest BCUT2D eigenvalue weighted by molar-refractivity contribution is -0.154. The van der Waals surface area contributed by atoms with Gasteiger partial charge in [0, 0.05) is 6.92 Å². The lowest BCUT2D eigenvalue weighted by Crippen LogP contribution is -2.41. The van der Waals surface area contributed by atoms with Crippen molar-refractivity contribution in [3.63, 3.8) is 0 Å². The molecule has 5 unspecified atom stereocenters. The zero-order valence-electron chi connectivity index (χ0n) is 14.7. The highest BCUT2D eigenvalue weighted by Crippen LogP contribution is 2.51. The molecule has 2 aliphatic rings. The smallest absolute Gasteiger partial charge is 0.307 e. The summed E-state index contributed by atoms with van der Waals surface area (Å²) in [6.45, 7) is 6.31. The summed E-state index contributed by atoms with van der Waals surface area (Å²) in [4.78, 5) is 22.5. The molecule has 0 radical (unpaired) electrons. The molecule has 0 amide bonds. The maximum atomic E-state index is 11.3. The summed E-state index contributed by atoms with van der Waals surface area (Å²) < 4.78 is 16.1. The number of carbonyl (C=O) groups is 2. The van der Waals surface area contributed by atoms with Crippen molar-refractivity contribution in [2.75, 3.05) is 13.7 Å². The SMILES string of the molecule is COC(=O)CCOC(C)C1CCC2C(OC(C)=O)CC[C@H](C)C12. The molecule has 0 aliphatic heterocycles. The number of hydrogen-bond acceptors (Lipinski definition) is 5. The zero-order valence-corrected chi connectivity index (χ0v) is 14.7. The highest BCUT2D eigenvalue weighted by Gasteiger charge is 2.48. The Morgan fingerprint density at radius 3 is 2.57 bits per heavy atom. The lowest BCUT2D eigenvalue weighted by atomic mass is 9.69. The molecule has 0 spiro atoms. The van der Waals surface area contributed by atoms with Crippen molar-refractivity contribution in [2.24, 2.45) is 23.7 Å². The molecule has 2 aliphatic carbocycles. The minimum absolute atomic E-state index is 0.0703. The summed E-state index contributed by atoms with van der Waals surface area (Å²) in [5.74, 6) is 1.70. The van der Waals surface area contributed by atoms with Crippen molar-refractivity contribution in [3.8, 4) is 0 Å². The summed E-state index contributed by atoms with van der Waals surface area (Å²) in [5.41, 5.74) is 0. The second-order valence-electron chi connectivity index (χ2n) is 7.09. The van der Waals surface area contributed by atoms with E-state index in [1.54, 1.807) is 0 Å². The fourth-order valence-electron chi connectivity index (χ4n) is 4.66. The van der Waals surface area contributed by atoms with E-state index in [1.807, 2.05) is 0 Å². The minimum Gasteiger partial charge on any atom is -0.469 e. The largest absolute Gasteiger partial charge is 0.469 e. The molecule has 5 nitrogen and oxygen atoms in total. The molecule has 2 saturated carbocycles. The summed E-state index contributed by atoms with van der Waals surface area (Å²) in [6.07, 6.45) is 4.78. The molecule has 0 aromatic heterocycles. The topological polar surface area (TPSA) is 61.8 Å². The van der Waals surface area contributed by atoms with Gasteiger partial charge in [0.05, 0.1) is 26.2 Å². The lowest BCUT2D eigenvalue weighted by Gasteiger charge is -2.41. The minimum atomic E-state index is -0.234. The molecule has 0 heterocycles. The van der Waals surface area contributed by atoms with Gasteiger partial charge in [-0.05, 0) is 56.3 Å². The summed E-state index contributed by atoms with van der Waals surface area (Å²) in [5, 5.41) is 0. The van der Waals surface area contributed by atoms with E-state index in [0.717, 1.165) is 25.7 Å². The quantitative estimate of drug-likeness (QED) is 0.702. The van der Waals surface area contributed by atoms with Crippen LogP contribution in [0.15, 0.2) is 0 Å². The monoisotopic (exact) mass is 326 g/mol. The van der Waals surface area contributed by atoms with Crippen LogP contribution in [0.4, 0.5) is 0 Å². The fraction of sp³-hybridized carbons (Fsp3) is 0.889. The van der Waals surface area contributed by atoms with Crippen molar-refractivity contribution in [1.29, 1.82) is 0 Å². The first-order valence-corrected chi connectivity index (χ1v) is 8.79. The van der Waals surface area contributed by atoms with Crippen molar-refractivity contribution in [3.05, 3.63) is 0 Å². The van der Waals surface area contributed by atoms with Crippen molar-refractivity contribution in [1.82, 2.24) is 0 Å². The predicted octanol–water partition coefficient (Wildman–Crippen LogP) is 2.96. The number of carbonyl (C=O) groups excluding carboxylic acids is 2. The van der Waals surface area contributed by atoms with Crippen LogP contribution in [-0.4, -0.2) is 37.9 Å². The molecule has 0 N–H and O–H groups in total.